The molecule has 2 rings (SSSR count). The molecule has 21 heavy (non-hydrogen) atoms. The van der Waals surface area contributed by atoms with Crippen molar-refractivity contribution >= 4 is 17.2 Å². The Kier molecular flexibility index (Phi) is 5.52. The number of aliphatic hydroxyl groups is 1. The van der Waals surface area contributed by atoms with E-state index in [1.807, 2.05) is 16.8 Å². The second-order valence-electron chi connectivity index (χ2n) is 4.91. The number of hydrogen-bond acceptors (Lipinski definition) is 5. The third-order valence-electron chi connectivity index (χ3n) is 3.54. The first-order valence-electron chi connectivity index (χ1n) is 7.10. The van der Waals surface area contributed by atoms with Crippen molar-refractivity contribution in [3.8, 4) is 0 Å². The quantitative estimate of drug-likeness (QED) is 0.824. The first kappa shape index (κ1) is 15.7. The van der Waals surface area contributed by atoms with Crippen molar-refractivity contribution in [3.63, 3.8) is 0 Å². The van der Waals surface area contributed by atoms with Gasteiger partial charge in [-0.15, -0.1) is 0 Å². The number of nitrogens with one attached hydrogen (secondary N) is 1. The van der Waals surface area contributed by atoms with Crippen LogP contribution in [0.5, 0.6) is 0 Å². The van der Waals surface area contributed by atoms with Gasteiger partial charge >= 0.3 is 0 Å². The molecule has 5 nitrogen and oxygen atoms in total. The van der Waals surface area contributed by atoms with Crippen molar-refractivity contribution < 1.29 is 14.4 Å². The lowest BCUT2D eigenvalue weighted by Gasteiger charge is -2.09. The average Bonchev–Trinajstić information content (AvgIpc) is 3.17. The largest absolute Gasteiger partial charge is 0.387 e. The van der Waals surface area contributed by atoms with E-state index in [9.17, 15) is 9.90 Å². The van der Waals surface area contributed by atoms with E-state index in [0.717, 1.165) is 24.1 Å². The molecule has 2 aromatic heterocycles. The van der Waals surface area contributed by atoms with Crippen molar-refractivity contribution in [2.45, 2.75) is 38.7 Å². The molecule has 0 bridgehead atoms. The van der Waals surface area contributed by atoms with Gasteiger partial charge < -0.3 is 14.9 Å². The van der Waals surface area contributed by atoms with Gasteiger partial charge in [-0.1, -0.05) is 19.0 Å². The van der Waals surface area contributed by atoms with E-state index in [2.05, 4.69) is 24.3 Å². The summed E-state index contributed by atoms with van der Waals surface area (Å²) in [5, 5.41) is 20.3. The molecule has 114 valence electrons. The fourth-order valence-corrected chi connectivity index (χ4v) is 2.86. The Labute approximate surface area is 128 Å². The van der Waals surface area contributed by atoms with Crippen LogP contribution in [-0.4, -0.2) is 22.7 Å². The molecule has 0 radical (unpaired) electrons. The van der Waals surface area contributed by atoms with Crippen LogP contribution in [0.3, 0.4) is 0 Å². The number of hydrogen-bond donors (Lipinski definition) is 2. The van der Waals surface area contributed by atoms with Crippen LogP contribution in [0.2, 0.25) is 0 Å². The van der Waals surface area contributed by atoms with Gasteiger partial charge in [-0.2, -0.15) is 11.3 Å². The maximum absolute atomic E-state index is 12.0. The minimum atomic E-state index is -0.707. The number of aromatic nitrogens is 1. The van der Waals surface area contributed by atoms with E-state index in [0.29, 0.717) is 5.92 Å². The van der Waals surface area contributed by atoms with E-state index in [-0.39, 0.29) is 18.2 Å². The predicted molar refractivity (Wildman–Crippen MR) is 81.4 cm³/mol. The highest BCUT2D eigenvalue weighted by Crippen LogP contribution is 2.22. The van der Waals surface area contributed by atoms with Crippen molar-refractivity contribution in [2.24, 2.45) is 0 Å². The standard InChI is InChI=1S/C15H20N2O3S/c1-3-10(4-2)12-7-14(20-17-12)15(19)16-8-13(18)11-5-6-21-9-11/h5-7,9-10,13,18H,3-4,8H2,1-2H3,(H,16,19). The molecular weight excluding hydrogens is 288 g/mol. The van der Waals surface area contributed by atoms with Gasteiger partial charge in [0.05, 0.1) is 11.8 Å². The summed E-state index contributed by atoms with van der Waals surface area (Å²) < 4.78 is 5.09. The second-order valence-corrected chi connectivity index (χ2v) is 5.69. The Morgan fingerprint density at radius 3 is 2.86 bits per heavy atom. The van der Waals surface area contributed by atoms with Gasteiger partial charge in [0.15, 0.2) is 0 Å². The van der Waals surface area contributed by atoms with Crippen LogP contribution in [0, 0.1) is 0 Å². The van der Waals surface area contributed by atoms with Gasteiger partial charge in [0.1, 0.15) is 0 Å². The number of carbonyl (C=O) groups is 1. The zero-order valence-electron chi connectivity index (χ0n) is 12.2. The molecule has 1 amide bonds. The van der Waals surface area contributed by atoms with E-state index in [1.165, 1.54) is 11.3 Å². The number of aliphatic hydroxyl groups excluding tert-OH is 1. The normalized spacial score (nSPS) is 12.6. The summed E-state index contributed by atoms with van der Waals surface area (Å²) in [5.41, 5.74) is 1.61. The van der Waals surface area contributed by atoms with Crippen molar-refractivity contribution in [1.82, 2.24) is 10.5 Å². The summed E-state index contributed by atoms with van der Waals surface area (Å²) in [6, 6.07) is 3.52. The Morgan fingerprint density at radius 1 is 1.48 bits per heavy atom. The van der Waals surface area contributed by atoms with Crippen LogP contribution in [0.25, 0.3) is 0 Å². The van der Waals surface area contributed by atoms with Crippen LogP contribution < -0.4 is 5.32 Å². The molecule has 0 spiro atoms. The van der Waals surface area contributed by atoms with Crippen molar-refractivity contribution in [1.29, 1.82) is 0 Å². The van der Waals surface area contributed by atoms with Crippen molar-refractivity contribution in [2.75, 3.05) is 6.54 Å². The second kappa shape index (κ2) is 7.38. The fourth-order valence-electron chi connectivity index (χ4n) is 2.15. The molecule has 1 atom stereocenters. The summed E-state index contributed by atoms with van der Waals surface area (Å²) in [4.78, 5) is 12.0. The number of carbonyl (C=O) groups excluding carboxylic acids is 1. The molecule has 2 N–H and O–H groups in total. The molecular formula is C15H20N2O3S. The summed E-state index contributed by atoms with van der Waals surface area (Å²) in [7, 11) is 0. The molecule has 0 aliphatic heterocycles. The Bertz CT molecular complexity index is 561. The van der Waals surface area contributed by atoms with Crippen LogP contribution in [0.4, 0.5) is 0 Å². The highest BCUT2D eigenvalue weighted by Gasteiger charge is 2.18. The predicted octanol–water partition coefficient (Wildman–Crippen LogP) is 3.10. The lowest BCUT2D eigenvalue weighted by molar-refractivity contribution is 0.0880. The van der Waals surface area contributed by atoms with Gasteiger partial charge in [-0.3, -0.25) is 4.79 Å². The topological polar surface area (TPSA) is 75.4 Å². The van der Waals surface area contributed by atoms with E-state index in [1.54, 1.807) is 6.07 Å². The highest BCUT2D eigenvalue weighted by atomic mass is 32.1. The number of thiophene rings is 1. The maximum Gasteiger partial charge on any atom is 0.290 e. The van der Waals surface area contributed by atoms with Crippen LogP contribution in [0.15, 0.2) is 27.4 Å². The Morgan fingerprint density at radius 2 is 2.24 bits per heavy atom. The molecule has 0 fully saturated rings. The molecule has 1 unspecified atom stereocenters. The van der Waals surface area contributed by atoms with Gasteiger partial charge in [0.2, 0.25) is 5.76 Å². The fraction of sp³-hybridized carbons (Fsp3) is 0.467. The van der Waals surface area contributed by atoms with Crippen molar-refractivity contribution in [3.05, 3.63) is 39.9 Å². The third-order valence-corrected chi connectivity index (χ3v) is 4.24. The van der Waals surface area contributed by atoms with Gasteiger partial charge in [0, 0.05) is 18.5 Å². The lowest BCUT2D eigenvalue weighted by atomic mass is 9.99. The summed E-state index contributed by atoms with van der Waals surface area (Å²) in [5.74, 6) is 0.148. The number of amides is 1. The SMILES string of the molecule is CCC(CC)c1cc(C(=O)NCC(O)c2ccsc2)on1. The minimum Gasteiger partial charge on any atom is -0.387 e. The molecule has 6 heteroatoms. The highest BCUT2D eigenvalue weighted by molar-refractivity contribution is 7.07. The molecule has 0 aliphatic rings. The van der Waals surface area contributed by atoms with Crippen LogP contribution in [0.1, 0.15) is 60.5 Å². The lowest BCUT2D eigenvalue weighted by Crippen LogP contribution is -2.27. The molecule has 2 heterocycles. The smallest absolute Gasteiger partial charge is 0.290 e. The maximum atomic E-state index is 12.0. The summed E-state index contributed by atoms with van der Waals surface area (Å²) in [6.07, 6.45) is 1.21. The minimum absolute atomic E-state index is 0.149. The summed E-state index contributed by atoms with van der Waals surface area (Å²) >= 11 is 1.51. The van der Waals surface area contributed by atoms with Gasteiger partial charge in [-0.05, 0) is 35.2 Å². The monoisotopic (exact) mass is 308 g/mol. The Balaban J connectivity index is 1.91. The average molecular weight is 308 g/mol. The van der Waals surface area contributed by atoms with E-state index < -0.39 is 6.10 Å². The zero-order chi connectivity index (χ0) is 15.2. The van der Waals surface area contributed by atoms with Crippen LogP contribution in [-0.2, 0) is 0 Å². The first-order valence-corrected chi connectivity index (χ1v) is 8.04. The zero-order valence-corrected chi connectivity index (χ0v) is 13.0. The number of nitrogens with zero attached hydrogens (tertiary/aromatic N) is 1. The molecule has 0 saturated carbocycles. The molecule has 0 aromatic carbocycles. The van der Waals surface area contributed by atoms with Crippen LogP contribution >= 0.6 is 11.3 Å². The molecule has 0 saturated heterocycles. The summed E-state index contributed by atoms with van der Waals surface area (Å²) in [6.45, 7) is 4.32. The Hall–Kier alpha value is -1.66. The van der Waals surface area contributed by atoms with E-state index in [4.69, 9.17) is 4.52 Å². The van der Waals surface area contributed by atoms with E-state index >= 15 is 0 Å². The first-order chi connectivity index (χ1) is 10.2. The third kappa shape index (κ3) is 3.92. The van der Waals surface area contributed by atoms with Gasteiger partial charge in [0.25, 0.3) is 5.91 Å². The number of rotatable bonds is 7. The molecule has 0 aliphatic carbocycles. The van der Waals surface area contributed by atoms with Gasteiger partial charge in [-0.25, -0.2) is 0 Å². The molecule has 2 aromatic rings.